The van der Waals surface area contributed by atoms with E-state index in [1.54, 1.807) is 22.6 Å². The Labute approximate surface area is 210 Å². The Kier molecular flexibility index (Phi) is 5.43. The van der Waals surface area contributed by atoms with Crippen LogP contribution in [0.4, 0.5) is 10.2 Å². The van der Waals surface area contributed by atoms with Gasteiger partial charge in [-0.05, 0) is 85.4 Å². The van der Waals surface area contributed by atoms with E-state index in [0.29, 0.717) is 17.5 Å². The third kappa shape index (κ3) is 3.54. The van der Waals surface area contributed by atoms with E-state index >= 15 is 0 Å². The number of hydrogen-bond acceptors (Lipinski definition) is 4. The fourth-order valence-corrected chi connectivity index (χ4v) is 6.64. The van der Waals surface area contributed by atoms with Crippen molar-refractivity contribution in [3.8, 4) is 0 Å². The first kappa shape index (κ1) is 22.9. The van der Waals surface area contributed by atoms with Crippen LogP contribution in [0.3, 0.4) is 0 Å². The average molecular weight is 483 g/mol. The molecule has 1 saturated carbocycles. The molecule has 3 aromatic heterocycles. The predicted octanol–water partition coefficient (Wildman–Crippen LogP) is 5.24. The van der Waals surface area contributed by atoms with Crippen molar-refractivity contribution >= 4 is 11.5 Å². The third-order valence-corrected chi connectivity index (χ3v) is 8.78. The number of benzene rings is 1. The molecule has 1 aliphatic carbocycles. The van der Waals surface area contributed by atoms with Gasteiger partial charge < -0.3 is 4.90 Å². The molecule has 4 aromatic rings. The standard InChI is InChI=1S/C30H31FN4O/c1-4-30(24-7-5-6-8-26(24)31)23-12-14-34(18-25(23)30)28-16-29(36)35-17-21(9-10-27(35)33-28)15-22-11-13-32-20(3)19(22)2/h5-11,13,16-17,23,25H,4,12,14-15,18H2,1-3H3/t23?,25?,30-/m1/s1. The van der Waals surface area contributed by atoms with Crippen molar-refractivity contribution in [1.82, 2.24) is 14.4 Å². The number of aromatic nitrogens is 3. The highest BCUT2D eigenvalue weighted by atomic mass is 19.1. The number of hydrogen-bond donors (Lipinski definition) is 0. The molecular weight excluding hydrogens is 451 g/mol. The maximum Gasteiger partial charge on any atom is 0.259 e. The second-order valence-corrected chi connectivity index (χ2v) is 10.4. The lowest BCUT2D eigenvalue weighted by molar-refractivity contribution is 0.516. The quantitative estimate of drug-likeness (QED) is 0.390. The minimum atomic E-state index is -0.107. The van der Waals surface area contributed by atoms with Crippen molar-refractivity contribution in [3.63, 3.8) is 0 Å². The van der Waals surface area contributed by atoms with Crippen LogP contribution < -0.4 is 10.5 Å². The van der Waals surface area contributed by atoms with Crippen molar-refractivity contribution < 1.29 is 4.39 Å². The summed E-state index contributed by atoms with van der Waals surface area (Å²) in [4.78, 5) is 24.6. The molecule has 0 radical (unpaired) electrons. The SMILES string of the molecule is CC[C@]1(c2ccccc2F)C2CCN(c3cc(=O)n4cc(Cc5ccnc(C)c5C)ccc4n3)CC21. The number of rotatable bonds is 5. The van der Waals surface area contributed by atoms with E-state index in [1.165, 1.54) is 11.1 Å². The van der Waals surface area contributed by atoms with E-state index < -0.39 is 0 Å². The van der Waals surface area contributed by atoms with E-state index in [1.807, 2.05) is 49.6 Å². The van der Waals surface area contributed by atoms with Crippen LogP contribution in [0.15, 0.2) is 65.7 Å². The molecule has 2 aliphatic rings. The maximum absolute atomic E-state index is 14.7. The van der Waals surface area contributed by atoms with Crippen molar-refractivity contribution in [3.05, 3.63) is 105 Å². The zero-order chi connectivity index (χ0) is 25.0. The molecule has 6 heteroatoms. The molecule has 3 atom stereocenters. The second-order valence-electron chi connectivity index (χ2n) is 10.4. The van der Waals surface area contributed by atoms with Crippen LogP contribution in [0.1, 0.15) is 47.7 Å². The number of halogens is 1. The summed E-state index contributed by atoms with van der Waals surface area (Å²) in [5, 5.41) is 0. The van der Waals surface area contributed by atoms with Crippen LogP contribution >= 0.6 is 0 Å². The van der Waals surface area contributed by atoms with Crippen molar-refractivity contribution in [2.75, 3.05) is 18.0 Å². The second kappa shape index (κ2) is 8.54. The zero-order valence-corrected chi connectivity index (χ0v) is 21.0. The van der Waals surface area contributed by atoms with Crippen molar-refractivity contribution in [1.29, 1.82) is 0 Å². The van der Waals surface area contributed by atoms with E-state index in [0.717, 1.165) is 55.0 Å². The van der Waals surface area contributed by atoms with Gasteiger partial charge in [-0.3, -0.25) is 14.2 Å². The van der Waals surface area contributed by atoms with Gasteiger partial charge in [0.05, 0.1) is 0 Å². The summed E-state index contributed by atoms with van der Waals surface area (Å²) in [5.41, 5.74) is 5.79. The largest absolute Gasteiger partial charge is 0.356 e. The molecule has 5 nitrogen and oxygen atoms in total. The van der Waals surface area contributed by atoms with E-state index in [2.05, 4.69) is 23.7 Å². The third-order valence-electron chi connectivity index (χ3n) is 8.78. The van der Waals surface area contributed by atoms with E-state index in [-0.39, 0.29) is 16.8 Å². The number of nitrogens with zero attached hydrogens (tertiary/aromatic N) is 4. The minimum Gasteiger partial charge on any atom is -0.356 e. The topological polar surface area (TPSA) is 50.5 Å². The van der Waals surface area contributed by atoms with Crippen LogP contribution in [0.2, 0.25) is 0 Å². The minimum absolute atomic E-state index is 0.0757. The molecule has 1 aromatic carbocycles. The molecule has 36 heavy (non-hydrogen) atoms. The summed E-state index contributed by atoms with van der Waals surface area (Å²) in [6, 6.07) is 14.9. The van der Waals surface area contributed by atoms with Crippen LogP contribution in [0.5, 0.6) is 0 Å². The Balaban J connectivity index is 1.27. The molecule has 0 N–H and O–H groups in total. The highest BCUT2D eigenvalue weighted by molar-refractivity contribution is 5.51. The molecule has 6 rings (SSSR count). The van der Waals surface area contributed by atoms with Crippen LogP contribution in [-0.4, -0.2) is 27.5 Å². The first-order valence-electron chi connectivity index (χ1n) is 12.9. The molecular formula is C30H31FN4O. The van der Waals surface area contributed by atoms with Crippen LogP contribution in [0, 0.1) is 31.5 Å². The Bertz CT molecular complexity index is 1530. The Morgan fingerprint density at radius 1 is 1.11 bits per heavy atom. The van der Waals surface area contributed by atoms with Gasteiger partial charge in [-0.2, -0.15) is 0 Å². The molecule has 1 saturated heterocycles. The van der Waals surface area contributed by atoms with Gasteiger partial charge in [0.2, 0.25) is 0 Å². The fourth-order valence-electron chi connectivity index (χ4n) is 6.64. The number of piperidine rings is 1. The van der Waals surface area contributed by atoms with Crippen molar-refractivity contribution in [2.24, 2.45) is 11.8 Å². The van der Waals surface area contributed by atoms with Gasteiger partial charge >= 0.3 is 0 Å². The summed E-state index contributed by atoms with van der Waals surface area (Å²) in [6.07, 6.45) is 6.38. The van der Waals surface area contributed by atoms with Gasteiger partial charge in [0.25, 0.3) is 5.56 Å². The lowest BCUT2D eigenvalue weighted by Gasteiger charge is -2.27. The fraction of sp³-hybridized carbons (Fsp3) is 0.367. The molecule has 4 heterocycles. The van der Waals surface area contributed by atoms with E-state index in [9.17, 15) is 9.18 Å². The summed E-state index contributed by atoms with van der Waals surface area (Å²) >= 11 is 0. The highest BCUT2D eigenvalue weighted by Crippen LogP contribution is 2.65. The maximum atomic E-state index is 14.7. The van der Waals surface area contributed by atoms with Gasteiger partial charge in [-0.15, -0.1) is 0 Å². The van der Waals surface area contributed by atoms with Crippen LogP contribution in [-0.2, 0) is 11.8 Å². The predicted molar refractivity (Wildman–Crippen MR) is 140 cm³/mol. The molecule has 0 bridgehead atoms. The summed E-state index contributed by atoms with van der Waals surface area (Å²) in [7, 11) is 0. The first-order valence-corrected chi connectivity index (χ1v) is 12.9. The molecule has 0 amide bonds. The number of anilines is 1. The van der Waals surface area contributed by atoms with E-state index in [4.69, 9.17) is 4.98 Å². The average Bonchev–Trinajstić information content (AvgIpc) is 3.55. The van der Waals surface area contributed by atoms with Gasteiger partial charge in [0.15, 0.2) is 0 Å². The lowest BCUT2D eigenvalue weighted by atomic mass is 9.88. The Morgan fingerprint density at radius 3 is 2.75 bits per heavy atom. The number of pyridine rings is 2. The molecule has 2 unspecified atom stereocenters. The lowest BCUT2D eigenvalue weighted by Crippen LogP contribution is -2.33. The van der Waals surface area contributed by atoms with Crippen LogP contribution in [0.25, 0.3) is 5.65 Å². The smallest absolute Gasteiger partial charge is 0.259 e. The monoisotopic (exact) mass is 482 g/mol. The van der Waals surface area contributed by atoms with Gasteiger partial charge in [-0.25, -0.2) is 9.37 Å². The molecule has 184 valence electrons. The number of aryl methyl sites for hydroxylation is 1. The summed E-state index contributed by atoms with van der Waals surface area (Å²) < 4.78 is 16.4. The molecule has 1 aliphatic heterocycles. The van der Waals surface area contributed by atoms with Gasteiger partial charge in [0, 0.05) is 42.7 Å². The Hall–Kier alpha value is -3.54. The zero-order valence-electron chi connectivity index (χ0n) is 21.0. The molecule has 2 fully saturated rings. The summed E-state index contributed by atoms with van der Waals surface area (Å²) in [5.74, 6) is 1.48. The highest BCUT2D eigenvalue weighted by Gasteiger charge is 2.65. The van der Waals surface area contributed by atoms with Gasteiger partial charge in [-0.1, -0.05) is 31.2 Å². The normalized spacial score (nSPS) is 23.1. The Morgan fingerprint density at radius 2 is 1.94 bits per heavy atom. The van der Waals surface area contributed by atoms with Gasteiger partial charge in [0.1, 0.15) is 17.3 Å². The molecule has 0 spiro atoms. The summed E-state index contributed by atoms with van der Waals surface area (Å²) in [6.45, 7) is 7.90. The number of fused-ring (bicyclic) bond motifs is 2. The van der Waals surface area contributed by atoms with Crippen molar-refractivity contribution in [2.45, 2.75) is 45.4 Å². The first-order chi connectivity index (χ1) is 17.4.